The smallest absolute Gasteiger partial charge is 0.338 e. The normalized spacial score (nSPS) is 12.3. The molecule has 0 unspecified atom stereocenters. The number of ether oxygens (including phenoxy) is 1. The zero-order chi connectivity index (χ0) is 18.3. The van der Waals surface area contributed by atoms with Crippen LogP contribution in [0.4, 0.5) is 0 Å². The van der Waals surface area contributed by atoms with E-state index >= 15 is 0 Å². The molecule has 1 amide bonds. The minimum atomic E-state index is -0.502. The fraction of sp³-hybridized carbons (Fsp3) is 0.333. The molecule has 132 valence electrons. The number of esters is 1. The molecule has 0 radical (unpaired) electrons. The Morgan fingerprint density at radius 3 is 2.08 bits per heavy atom. The maximum absolute atomic E-state index is 12.3. The standard InChI is InChI=1S/C21H25NO3/c1-21(2,3)20(24)22-18(14-16-10-6-4-7-11-16)15-25-19(23)17-12-8-5-9-13-17/h4-13,18H,14-15H2,1-3H3,(H,22,24)/t18-/m0/s1. The highest BCUT2D eigenvalue weighted by Crippen LogP contribution is 2.14. The molecule has 1 atom stereocenters. The molecule has 2 rings (SSSR count). The van der Waals surface area contributed by atoms with Crippen molar-refractivity contribution in [2.75, 3.05) is 6.61 Å². The molecule has 0 bridgehead atoms. The van der Waals surface area contributed by atoms with Crippen LogP contribution >= 0.6 is 0 Å². The highest BCUT2D eigenvalue weighted by Gasteiger charge is 2.25. The van der Waals surface area contributed by atoms with Gasteiger partial charge in [-0.3, -0.25) is 4.79 Å². The average Bonchev–Trinajstić information content (AvgIpc) is 2.60. The van der Waals surface area contributed by atoms with E-state index in [1.807, 2.05) is 57.2 Å². The van der Waals surface area contributed by atoms with Crippen LogP contribution in [0.25, 0.3) is 0 Å². The molecule has 2 aromatic rings. The maximum Gasteiger partial charge on any atom is 0.338 e. The summed E-state index contributed by atoms with van der Waals surface area (Å²) in [7, 11) is 0. The number of carbonyl (C=O) groups is 2. The Morgan fingerprint density at radius 1 is 0.960 bits per heavy atom. The van der Waals surface area contributed by atoms with Gasteiger partial charge in [0.1, 0.15) is 6.61 Å². The van der Waals surface area contributed by atoms with Crippen LogP contribution in [0, 0.1) is 5.41 Å². The predicted octanol–water partition coefficient (Wildman–Crippen LogP) is 3.62. The lowest BCUT2D eigenvalue weighted by Gasteiger charge is -2.24. The highest BCUT2D eigenvalue weighted by atomic mass is 16.5. The van der Waals surface area contributed by atoms with Crippen LogP contribution in [0.15, 0.2) is 60.7 Å². The third kappa shape index (κ3) is 6.07. The summed E-state index contributed by atoms with van der Waals surface area (Å²) in [6.45, 7) is 5.71. The summed E-state index contributed by atoms with van der Waals surface area (Å²) in [4.78, 5) is 24.5. The number of carbonyl (C=O) groups excluding carboxylic acids is 2. The first kappa shape index (κ1) is 18.7. The van der Waals surface area contributed by atoms with Crippen molar-refractivity contribution in [2.24, 2.45) is 5.41 Å². The van der Waals surface area contributed by atoms with Gasteiger partial charge < -0.3 is 10.1 Å². The highest BCUT2D eigenvalue weighted by molar-refractivity contribution is 5.89. The Hall–Kier alpha value is -2.62. The summed E-state index contributed by atoms with van der Waals surface area (Å²) in [5, 5.41) is 3.00. The lowest BCUT2D eigenvalue weighted by Crippen LogP contribution is -2.45. The molecular weight excluding hydrogens is 314 g/mol. The van der Waals surface area contributed by atoms with Gasteiger partial charge in [-0.05, 0) is 24.1 Å². The number of amides is 1. The van der Waals surface area contributed by atoms with Gasteiger partial charge in [0.15, 0.2) is 0 Å². The first-order chi connectivity index (χ1) is 11.9. The van der Waals surface area contributed by atoms with Gasteiger partial charge >= 0.3 is 5.97 Å². The molecule has 0 saturated carbocycles. The lowest BCUT2D eigenvalue weighted by molar-refractivity contribution is -0.129. The van der Waals surface area contributed by atoms with Gasteiger partial charge in [0.05, 0.1) is 11.6 Å². The van der Waals surface area contributed by atoms with E-state index in [4.69, 9.17) is 4.74 Å². The third-order valence-corrected chi connectivity index (χ3v) is 3.77. The van der Waals surface area contributed by atoms with E-state index < -0.39 is 5.41 Å². The molecule has 0 saturated heterocycles. The minimum Gasteiger partial charge on any atom is -0.460 e. The first-order valence-electron chi connectivity index (χ1n) is 8.43. The van der Waals surface area contributed by atoms with Crippen molar-refractivity contribution >= 4 is 11.9 Å². The van der Waals surface area contributed by atoms with E-state index in [1.54, 1.807) is 24.3 Å². The fourth-order valence-corrected chi connectivity index (χ4v) is 2.29. The fourth-order valence-electron chi connectivity index (χ4n) is 2.29. The molecule has 0 fully saturated rings. The largest absolute Gasteiger partial charge is 0.460 e. The molecule has 0 aromatic heterocycles. The Morgan fingerprint density at radius 2 is 1.52 bits per heavy atom. The SMILES string of the molecule is CC(C)(C)C(=O)N[C@H](COC(=O)c1ccccc1)Cc1ccccc1. The van der Waals surface area contributed by atoms with Crippen LogP contribution < -0.4 is 5.32 Å². The van der Waals surface area contributed by atoms with Crippen molar-refractivity contribution in [3.05, 3.63) is 71.8 Å². The average molecular weight is 339 g/mol. The first-order valence-corrected chi connectivity index (χ1v) is 8.43. The third-order valence-electron chi connectivity index (χ3n) is 3.77. The van der Waals surface area contributed by atoms with Gasteiger partial charge in [0, 0.05) is 5.41 Å². The van der Waals surface area contributed by atoms with Crippen molar-refractivity contribution in [3.63, 3.8) is 0 Å². The van der Waals surface area contributed by atoms with E-state index in [-0.39, 0.29) is 24.5 Å². The summed E-state index contributed by atoms with van der Waals surface area (Å²) in [6, 6.07) is 18.4. The topological polar surface area (TPSA) is 55.4 Å². The molecule has 4 heteroatoms. The summed E-state index contributed by atoms with van der Waals surface area (Å²) in [6.07, 6.45) is 0.602. The molecule has 0 aliphatic carbocycles. The van der Waals surface area contributed by atoms with Gasteiger partial charge in [-0.1, -0.05) is 69.3 Å². The van der Waals surface area contributed by atoms with Gasteiger partial charge in [-0.25, -0.2) is 4.79 Å². The van der Waals surface area contributed by atoms with Gasteiger partial charge in [0.2, 0.25) is 5.91 Å². The van der Waals surface area contributed by atoms with E-state index in [9.17, 15) is 9.59 Å². The second-order valence-corrected chi connectivity index (χ2v) is 7.07. The van der Waals surface area contributed by atoms with Crippen LogP contribution in [0.5, 0.6) is 0 Å². The molecule has 0 spiro atoms. The molecule has 1 N–H and O–H groups in total. The number of hydrogen-bond donors (Lipinski definition) is 1. The Balaban J connectivity index is 2.03. The zero-order valence-electron chi connectivity index (χ0n) is 15.0. The summed E-state index contributed by atoms with van der Waals surface area (Å²) in [5.74, 6) is -0.451. The monoisotopic (exact) mass is 339 g/mol. The van der Waals surface area contributed by atoms with Crippen LogP contribution in [-0.4, -0.2) is 24.5 Å². The Kier molecular flexibility index (Phi) is 6.34. The molecule has 25 heavy (non-hydrogen) atoms. The van der Waals surface area contributed by atoms with Crippen molar-refractivity contribution in [2.45, 2.75) is 33.2 Å². The lowest BCUT2D eigenvalue weighted by atomic mass is 9.94. The minimum absolute atomic E-state index is 0.0656. The predicted molar refractivity (Wildman–Crippen MR) is 98.3 cm³/mol. The van der Waals surface area contributed by atoms with Crippen LogP contribution in [-0.2, 0) is 16.0 Å². The summed E-state index contributed by atoms with van der Waals surface area (Å²) in [5.41, 5.74) is 1.08. The second-order valence-electron chi connectivity index (χ2n) is 7.07. The molecule has 0 aliphatic rings. The summed E-state index contributed by atoms with van der Waals surface area (Å²) < 4.78 is 5.42. The number of nitrogens with one attached hydrogen (secondary N) is 1. The number of rotatable bonds is 6. The van der Waals surface area contributed by atoms with Crippen LogP contribution in [0.3, 0.4) is 0 Å². The molecule has 0 aliphatic heterocycles. The van der Waals surface area contributed by atoms with E-state index in [1.165, 1.54) is 0 Å². The molecule has 0 heterocycles. The maximum atomic E-state index is 12.3. The van der Waals surface area contributed by atoms with Crippen LogP contribution in [0.1, 0.15) is 36.7 Å². The van der Waals surface area contributed by atoms with Crippen molar-refractivity contribution in [1.29, 1.82) is 0 Å². The van der Waals surface area contributed by atoms with Crippen molar-refractivity contribution < 1.29 is 14.3 Å². The second kappa shape index (κ2) is 8.47. The van der Waals surface area contributed by atoms with Crippen LogP contribution in [0.2, 0.25) is 0 Å². The van der Waals surface area contributed by atoms with E-state index in [2.05, 4.69) is 5.32 Å². The Labute approximate surface area is 149 Å². The Bertz CT molecular complexity index is 690. The number of hydrogen-bond acceptors (Lipinski definition) is 3. The van der Waals surface area contributed by atoms with Gasteiger partial charge in [-0.2, -0.15) is 0 Å². The number of benzene rings is 2. The quantitative estimate of drug-likeness (QED) is 0.818. The summed E-state index contributed by atoms with van der Waals surface area (Å²) >= 11 is 0. The van der Waals surface area contributed by atoms with Crippen molar-refractivity contribution in [1.82, 2.24) is 5.32 Å². The van der Waals surface area contributed by atoms with Crippen molar-refractivity contribution in [3.8, 4) is 0 Å². The zero-order valence-corrected chi connectivity index (χ0v) is 15.0. The molecular formula is C21H25NO3. The van der Waals surface area contributed by atoms with E-state index in [0.29, 0.717) is 12.0 Å². The van der Waals surface area contributed by atoms with Gasteiger partial charge in [0.25, 0.3) is 0 Å². The van der Waals surface area contributed by atoms with E-state index in [0.717, 1.165) is 5.56 Å². The molecule has 2 aromatic carbocycles. The molecule has 4 nitrogen and oxygen atoms in total. The van der Waals surface area contributed by atoms with Gasteiger partial charge in [-0.15, -0.1) is 0 Å².